The number of sulfonamides is 1. The minimum absolute atomic E-state index is 0.141. The first-order valence-corrected chi connectivity index (χ1v) is 8.40. The van der Waals surface area contributed by atoms with Crippen LogP contribution in [0.25, 0.3) is 0 Å². The lowest BCUT2D eigenvalue weighted by molar-refractivity contribution is -0.144. The molecule has 0 aliphatic heterocycles. The second-order valence-corrected chi connectivity index (χ2v) is 6.79. The molecule has 0 aliphatic carbocycles. The summed E-state index contributed by atoms with van der Waals surface area (Å²) in [6, 6.07) is 3.35. The number of hydrogen-bond donors (Lipinski definition) is 0. The SMILES string of the molecule is CCOC(=O)[C@@H](C)N(c1cc(Cl)ccc1Cl)S(C)(=O)=O. The quantitative estimate of drug-likeness (QED) is 0.773. The molecule has 0 radical (unpaired) electrons. The molecule has 0 fully saturated rings. The largest absolute Gasteiger partial charge is 0.464 e. The van der Waals surface area contributed by atoms with Gasteiger partial charge in [-0.1, -0.05) is 23.2 Å². The molecule has 0 amide bonds. The Balaban J connectivity index is 3.34. The standard InChI is InChI=1S/C12H15Cl2NO4S/c1-4-19-12(16)8(2)15(20(3,17)18)11-7-9(13)5-6-10(11)14/h5-8H,4H2,1-3H3/t8-/m1/s1. The maximum Gasteiger partial charge on any atom is 0.329 e. The first-order chi connectivity index (χ1) is 9.18. The fraction of sp³-hybridized carbons (Fsp3) is 0.417. The Morgan fingerprint density at radius 2 is 2.00 bits per heavy atom. The van der Waals surface area contributed by atoms with Gasteiger partial charge in [-0.05, 0) is 32.0 Å². The second kappa shape index (κ2) is 6.65. The van der Waals surface area contributed by atoms with E-state index in [1.165, 1.54) is 25.1 Å². The van der Waals surface area contributed by atoms with Gasteiger partial charge in [0.05, 0.1) is 23.6 Å². The monoisotopic (exact) mass is 339 g/mol. The van der Waals surface area contributed by atoms with Crippen molar-refractivity contribution >= 4 is 44.9 Å². The smallest absolute Gasteiger partial charge is 0.329 e. The molecular formula is C12H15Cl2NO4S. The van der Waals surface area contributed by atoms with E-state index in [0.29, 0.717) is 5.02 Å². The number of nitrogens with zero attached hydrogens (tertiary/aromatic N) is 1. The lowest BCUT2D eigenvalue weighted by Gasteiger charge is -2.28. The number of carbonyl (C=O) groups is 1. The first-order valence-electron chi connectivity index (χ1n) is 5.79. The summed E-state index contributed by atoms with van der Waals surface area (Å²) < 4.78 is 29.7. The molecule has 0 heterocycles. The number of benzene rings is 1. The van der Waals surface area contributed by atoms with Crippen LogP contribution in [0.4, 0.5) is 5.69 Å². The van der Waals surface area contributed by atoms with Crippen molar-refractivity contribution in [2.75, 3.05) is 17.2 Å². The molecule has 0 bridgehead atoms. The van der Waals surface area contributed by atoms with Gasteiger partial charge in [0.2, 0.25) is 10.0 Å². The van der Waals surface area contributed by atoms with Crippen LogP contribution in [-0.4, -0.2) is 33.3 Å². The van der Waals surface area contributed by atoms with E-state index in [9.17, 15) is 13.2 Å². The summed E-state index contributed by atoms with van der Waals surface area (Å²) >= 11 is 11.9. The molecule has 1 aromatic rings. The van der Waals surface area contributed by atoms with Gasteiger partial charge in [0.1, 0.15) is 6.04 Å². The molecule has 20 heavy (non-hydrogen) atoms. The molecule has 8 heteroatoms. The van der Waals surface area contributed by atoms with Crippen LogP contribution >= 0.6 is 23.2 Å². The molecule has 0 unspecified atom stereocenters. The molecule has 0 aliphatic rings. The van der Waals surface area contributed by atoms with E-state index >= 15 is 0 Å². The van der Waals surface area contributed by atoms with Gasteiger partial charge in [-0.2, -0.15) is 0 Å². The van der Waals surface area contributed by atoms with E-state index in [4.69, 9.17) is 27.9 Å². The van der Waals surface area contributed by atoms with Crippen LogP contribution in [0.5, 0.6) is 0 Å². The van der Waals surface area contributed by atoms with Crippen molar-refractivity contribution in [2.45, 2.75) is 19.9 Å². The number of rotatable bonds is 5. The summed E-state index contributed by atoms with van der Waals surface area (Å²) in [6.07, 6.45) is 0.986. The molecule has 0 spiro atoms. The highest BCUT2D eigenvalue weighted by atomic mass is 35.5. The molecule has 1 aromatic carbocycles. The summed E-state index contributed by atoms with van der Waals surface area (Å²) in [7, 11) is -3.73. The third-order valence-electron chi connectivity index (χ3n) is 2.48. The van der Waals surface area contributed by atoms with Gasteiger partial charge in [-0.15, -0.1) is 0 Å². The average Bonchev–Trinajstić information content (AvgIpc) is 2.32. The van der Waals surface area contributed by atoms with Gasteiger partial charge in [-0.3, -0.25) is 4.31 Å². The zero-order valence-corrected chi connectivity index (χ0v) is 13.6. The average molecular weight is 340 g/mol. The zero-order valence-electron chi connectivity index (χ0n) is 11.3. The van der Waals surface area contributed by atoms with Crippen molar-refractivity contribution in [1.29, 1.82) is 0 Å². The second-order valence-electron chi connectivity index (χ2n) is 4.08. The van der Waals surface area contributed by atoms with Crippen LogP contribution in [0.15, 0.2) is 18.2 Å². The maximum absolute atomic E-state index is 12.0. The third-order valence-corrected chi connectivity index (χ3v) is 4.26. The Hall–Kier alpha value is -0.980. The number of ether oxygens (including phenoxy) is 1. The normalized spacial score (nSPS) is 12.8. The van der Waals surface area contributed by atoms with Crippen molar-refractivity contribution < 1.29 is 17.9 Å². The van der Waals surface area contributed by atoms with Crippen molar-refractivity contribution in [2.24, 2.45) is 0 Å². The fourth-order valence-corrected chi connectivity index (χ4v) is 3.28. The van der Waals surface area contributed by atoms with Crippen LogP contribution in [0.3, 0.4) is 0 Å². The molecule has 112 valence electrons. The number of hydrogen-bond acceptors (Lipinski definition) is 4. The fourth-order valence-electron chi connectivity index (χ4n) is 1.69. The van der Waals surface area contributed by atoms with Gasteiger partial charge in [0.25, 0.3) is 0 Å². The van der Waals surface area contributed by atoms with E-state index in [1.807, 2.05) is 0 Å². The highest BCUT2D eigenvalue weighted by Crippen LogP contribution is 2.32. The van der Waals surface area contributed by atoms with E-state index < -0.39 is 22.0 Å². The predicted octanol–water partition coefficient (Wildman–Crippen LogP) is 2.71. The number of anilines is 1. The van der Waals surface area contributed by atoms with Gasteiger partial charge in [-0.25, -0.2) is 13.2 Å². The van der Waals surface area contributed by atoms with Gasteiger partial charge in [0, 0.05) is 5.02 Å². The lowest BCUT2D eigenvalue weighted by atomic mass is 10.2. The summed E-state index contributed by atoms with van der Waals surface area (Å²) in [4.78, 5) is 11.8. The molecule has 1 atom stereocenters. The Bertz CT molecular complexity index is 603. The van der Waals surface area contributed by atoms with Crippen LogP contribution in [0.1, 0.15) is 13.8 Å². The topological polar surface area (TPSA) is 63.7 Å². The Morgan fingerprint density at radius 1 is 1.40 bits per heavy atom. The Kier molecular flexibility index (Phi) is 5.68. The molecule has 1 rings (SSSR count). The summed E-state index contributed by atoms with van der Waals surface area (Å²) in [5.74, 6) is -0.658. The van der Waals surface area contributed by atoms with Gasteiger partial charge < -0.3 is 4.74 Å². The zero-order chi connectivity index (χ0) is 15.5. The molecule has 0 saturated heterocycles. The number of halogens is 2. The summed E-state index contributed by atoms with van der Waals surface area (Å²) in [5, 5.41) is 0.491. The van der Waals surface area contributed by atoms with Crippen molar-refractivity contribution in [1.82, 2.24) is 0 Å². The lowest BCUT2D eigenvalue weighted by Crippen LogP contribution is -2.44. The number of esters is 1. The minimum Gasteiger partial charge on any atom is -0.464 e. The van der Waals surface area contributed by atoms with Crippen molar-refractivity contribution in [3.63, 3.8) is 0 Å². The summed E-state index contributed by atoms with van der Waals surface area (Å²) in [6.45, 7) is 3.22. The molecule has 0 saturated carbocycles. The van der Waals surface area contributed by atoms with Crippen LogP contribution in [-0.2, 0) is 19.6 Å². The Labute approximate surface area is 128 Å². The number of carbonyl (C=O) groups excluding carboxylic acids is 1. The van der Waals surface area contributed by atoms with Crippen molar-refractivity contribution in [3.8, 4) is 0 Å². The van der Waals surface area contributed by atoms with E-state index in [2.05, 4.69) is 0 Å². The first kappa shape index (κ1) is 17.1. The minimum atomic E-state index is -3.73. The molecule has 0 aromatic heterocycles. The highest BCUT2D eigenvalue weighted by Gasteiger charge is 2.31. The maximum atomic E-state index is 12.0. The van der Waals surface area contributed by atoms with Crippen LogP contribution in [0.2, 0.25) is 10.0 Å². The van der Waals surface area contributed by atoms with E-state index in [1.54, 1.807) is 6.92 Å². The summed E-state index contributed by atoms with van der Waals surface area (Å²) in [5.41, 5.74) is 0.141. The molecular weight excluding hydrogens is 325 g/mol. The van der Waals surface area contributed by atoms with Gasteiger partial charge in [0.15, 0.2) is 0 Å². The van der Waals surface area contributed by atoms with E-state index in [0.717, 1.165) is 10.6 Å². The van der Waals surface area contributed by atoms with Gasteiger partial charge >= 0.3 is 5.97 Å². The third kappa shape index (κ3) is 4.01. The van der Waals surface area contributed by atoms with Crippen LogP contribution in [0, 0.1) is 0 Å². The van der Waals surface area contributed by atoms with E-state index in [-0.39, 0.29) is 17.3 Å². The highest BCUT2D eigenvalue weighted by molar-refractivity contribution is 7.92. The Morgan fingerprint density at radius 3 is 2.50 bits per heavy atom. The van der Waals surface area contributed by atoms with Crippen LogP contribution < -0.4 is 4.31 Å². The molecule has 5 nitrogen and oxygen atoms in total. The predicted molar refractivity (Wildman–Crippen MR) is 79.9 cm³/mol. The molecule has 0 N–H and O–H groups in total. The van der Waals surface area contributed by atoms with Crippen molar-refractivity contribution in [3.05, 3.63) is 28.2 Å².